The first-order valence-electron chi connectivity index (χ1n) is 9.63. The van der Waals surface area contributed by atoms with Crippen molar-refractivity contribution in [2.75, 3.05) is 0 Å². The van der Waals surface area contributed by atoms with Crippen molar-refractivity contribution in [1.29, 1.82) is 0 Å². The third-order valence-electron chi connectivity index (χ3n) is 4.48. The Labute approximate surface area is 147 Å². The van der Waals surface area contributed by atoms with Crippen LogP contribution in [-0.2, 0) is 9.59 Å². The predicted octanol–water partition coefficient (Wildman–Crippen LogP) is 5.81. The Morgan fingerprint density at radius 2 is 1.17 bits per heavy atom. The third-order valence-corrected chi connectivity index (χ3v) is 4.48. The van der Waals surface area contributed by atoms with E-state index in [1.54, 1.807) is 0 Å². The van der Waals surface area contributed by atoms with Crippen LogP contribution in [0.4, 0.5) is 0 Å². The van der Waals surface area contributed by atoms with Gasteiger partial charge in [-0.2, -0.15) is 0 Å². The van der Waals surface area contributed by atoms with Gasteiger partial charge >= 0.3 is 11.9 Å². The molecule has 0 aliphatic heterocycles. The van der Waals surface area contributed by atoms with E-state index in [0.29, 0.717) is 6.42 Å². The molecule has 0 fully saturated rings. The second-order valence-corrected chi connectivity index (χ2v) is 6.74. The Morgan fingerprint density at radius 3 is 1.54 bits per heavy atom. The quantitative estimate of drug-likeness (QED) is 0.244. The van der Waals surface area contributed by atoms with Crippen LogP contribution in [0, 0.1) is 5.92 Å². The molecule has 0 spiro atoms. The number of carboxylic acid groups (broad SMARTS) is 2. The van der Waals surface area contributed by atoms with Crippen LogP contribution < -0.4 is 0 Å². The first-order valence-corrected chi connectivity index (χ1v) is 9.63. The number of carboxylic acids is 2. The zero-order chi connectivity index (χ0) is 18.0. The van der Waals surface area contributed by atoms with Crippen LogP contribution >= 0.6 is 0 Å². The molecule has 0 aliphatic carbocycles. The van der Waals surface area contributed by atoms with Crippen LogP contribution in [0.2, 0.25) is 0 Å². The minimum Gasteiger partial charge on any atom is -0.481 e. The average molecular weight is 341 g/mol. The maximum absolute atomic E-state index is 10.9. The molecule has 0 heterocycles. The molecule has 0 aliphatic rings. The highest BCUT2D eigenvalue weighted by atomic mass is 16.4. The molecular weight excluding hydrogens is 304 g/mol. The van der Waals surface area contributed by atoms with E-state index in [1.807, 2.05) is 6.08 Å². The molecule has 4 heteroatoms. The summed E-state index contributed by atoms with van der Waals surface area (Å²) < 4.78 is 0. The van der Waals surface area contributed by atoms with Crippen molar-refractivity contribution >= 4 is 11.9 Å². The summed E-state index contributed by atoms with van der Waals surface area (Å²) in [5.74, 6) is -2.74. The van der Waals surface area contributed by atoms with Crippen molar-refractivity contribution < 1.29 is 19.8 Å². The fourth-order valence-corrected chi connectivity index (χ4v) is 2.97. The normalized spacial score (nSPS) is 12.0. The van der Waals surface area contributed by atoms with Gasteiger partial charge < -0.3 is 10.2 Å². The largest absolute Gasteiger partial charge is 0.481 e. The monoisotopic (exact) mass is 340 g/mol. The summed E-state index contributed by atoms with van der Waals surface area (Å²) in [5, 5.41) is 17.6. The van der Waals surface area contributed by atoms with E-state index in [1.165, 1.54) is 57.8 Å². The van der Waals surface area contributed by atoms with Crippen molar-refractivity contribution in [2.24, 2.45) is 5.92 Å². The van der Waals surface area contributed by atoms with Crippen LogP contribution in [0.25, 0.3) is 0 Å². The lowest BCUT2D eigenvalue weighted by Crippen LogP contribution is -2.17. The first kappa shape index (κ1) is 22.7. The molecule has 0 aromatic rings. The topological polar surface area (TPSA) is 74.6 Å². The van der Waals surface area contributed by atoms with Gasteiger partial charge in [0.25, 0.3) is 0 Å². The van der Waals surface area contributed by atoms with E-state index >= 15 is 0 Å². The molecule has 140 valence electrons. The molecule has 4 nitrogen and oxygen atoms in total. The SMILES string of the molecule is C=CCCCCCCCCCCCCCCC(CC(=O)O)C(=O)O. The number of unbranched alkanes of at least 4 members (excludes halogenated alkanes) is 12. The van der Waals surface area contributed by atoms with Crippen LogP contribution in [0.1, 0.15) is 96.3 Å². The summed E-state index contributed by atoms with van der Waals surface area (Å²) in [5.41, 5.74) is 0. The lowest BCUT2D eigenvalue weighted by Gasteiger charge is -2.09. The molecule has 0 radical (unpaired) electrons. The van der Waals surface area contributed by atoms with Gasteiger partial charge in [0.05, 0.1) is 12.3 Å². The lowest BCUT2D eigenvalue weighted by molar-refractivity contribution is -0.148. The molecule has 0 amide bonds. The number of hydrogen-bond donors (Lipinski definition) is 2. The van der Waals surface area contributed by atoms with Gasteiger partial charge in [-0.05, 0) is 19.3 Å². The van der Waals surface area contributed by atoms with Gasteiger partial charge in [-0.1, -0.05) is 76.7 Å². The summed E-state index contributed by atoms with van der Waals surface area (Å²) >= 11 is 0. The summed E-state index contributed by atoms with van der Waals surface area (Å²) in [4.78, 5) is 21.5. The Bertz CT molecular complexity index is 339. The highest BCUT2D eigenvalue weighted by molar-refractivity contribution is 5.77. The second-order valence-electron chi connectivity index (χ2n) is 6.74. The summed E-state index contributed by atoms with van der Waals surface area (Å²) in [7, 11) is 0. The van der Waals surface area contributed by atoms with Gasteiger partial charge in [-0.15, -0.1) is 6.58 Å². The van der Waals surface area contributed by atoms with Crippen molar-refractivity contribution in [2.45, 2.75) is 96.3 Å². The Kier molecular flexibility index (Phi) is 15.6. The van der Waals surface area contributed by atoms with E-state index in [9.17, 15) is 9.59 Å². The minimum atomic E-state index is -1.02. The zero-order valence-corrected chi connectivity index (χ0v) is 15.2. The molecule has 1 unspecified atom stereocenters. The smallest absolute Gasteiger partial charge is 0.307 e. The average Bonchev–Trinajstić information content (AvgIpc) is 2.53. The van der Waals surface area contributed by atoms with Crippen LogP contribution in [0.5, 0.6) is 0 Å². The van der Waals surface area contributed by atoms with E-state index in [4.69, 9.17) is 10.2 Å². The van der Waals surface area contributed by atoms with Crippen LogP contribution in [0.3, 0.4) is 0 Å². The fourth-order valence-electron chi connectivity index (χ4n) is 2.97. The highest BCUT2D eigenvalue weighted by Crippen LogP contribution is 2.17. The number of allylic oxidation sites excluding steroid dienone is 1. The van der Waals surface area contributed by atoms with Gasteiger partial charge in [0.1, 0.15) is 0 Å². The first-order chi connectivity index (χ1) is 11.6. The molecule has 2 N–H and O–H groups in total. The maximum atomic E-state index is 10.9. The molecule has 0 saturated heterocycles. The molecular formula is C20H36O4. The van der Waals surface area contributed by atoms with Gasteiger partial charge in [0.2, 0.25) is 0 Å². The standard InChI is InChI=1S/C20H36O4/c1-2-3-4-5-6-7-8-9-10-11-12-13-14-15-16-18(20(23)24)17-19(21)22/h2,18H,1,3-17H2,(H,21,22)(H,23,24). The Morgan fingerprint density at radius 1 is 0.750 bits per heavy atom. The van der Waals surface area contributed by atoms with Crippen LogP contribution in [0.15, 0.2) is 12.7 Å². The van der Waals surface area contributed by atoms with E-state index in [-0.39, 0.29) is 6.42 Å². The summed E-state index contributed by atoms with van der Waals surface area (Å²) in [6, 6.07) is 0. The molecule has 0 aromatic carbocycles. The third kappa shape index (κ3) is 15.6. The fraction of sp³-hybridized carbons (Fsp3) is 0.800. The van der Waals surface area contributed by atoms with E-state index in [2.05, 4.69) is 6.58 Å². The second kappa shape index (κ2) is 16.5. The Hall–Kier alpha value is -1.32. The van der Waals surface area contributed by atoms with Crippen molar-refractivity contribution in [3.63, 3.8) is 0 Å². The van der Waals surface area contributed by atoms with Crippen LogP contribution in [-0.4, -0.2) is 22.2 Å². The summed E-state index contributed by atoms with van der Waals surface area (Å²) in [6.07, 6.45) is 18.0. The van der Waals surface area contributed by atoms with Crippen molar-refractivity contribution in [3.8, 4) is 0 Å². The van der Waals surface area contributed by atoms with Gasteiger partial charge in [-0.3, -0.25) is 9.59 Å². The van der Waals surface area contributed by atoms with E-state index < -0.39 is 17.9 Å². The van der Waals surface area contributed by atoms with Gasteiger partial charge in [-0.25, -0.2) is 0 Å². The number of aliphatic carboxylic acids is 2. The number of rotatable bonds is 18. The van der Waals surface area contributed by atoms with Crippen molar-refractivity contribution in [3.05, 3.63) is 12.7 Å². The summed E-state index contributed by atoms with van der Waals surface area (Å²) in [6.45, 7) is 3.73. The zero-order valence-electron chi connectivity index (χ0n) is 15.2. The molecule has 0 bridgehead atoms. The van der Waals surface area contributed by atoms with Gasteiger partial charge in [0.15, 0.2) is 0 Å². The highest BCUT2D eigenvalue weighted by Gasteiger charge is 2.20. The number of carbonyl (C=O) groups is 2. The molecule has 0 saturated carbocycles. The Balaban J connectivity index is 3.31. The van der Waals surface area contributed by atoms with Crippen molar-refractivity contribution in [1.82, 2.24) is 0 Å². The lowest BCUT2D eigenvalue weighted by atomic mass is 9.97. The minimum absolute atomic E-state index is 0.261. The maximum Gasteiger partial charge on any atom is 0.307 e. The number of hydrogen-bond acceptors (Lipinski definition) is 2. The predicted molar refractivity (Wildman–Crippen MR) is 98.2 cm³/mol. The molecule has 1 atom stereocenters. The molecule has 0 rings (SSSR count). The molecule has 24 heavy (non-hydrogen) atoms. The van der Waals surface area contributed by atoms with E-state index in [0.717, 1.165) is 25.7 Å². The molecule has 0 aromatic heterocycles. The van der Waals surface area contributed by atoms with Gasteiger partial charge in [0, 0.05) is 0 Å².